The van der Waals surface area contributed by atoms with Crippen molar-refractivity contribution in [2.75, 3.05) is 11.5 Å². The Bertz CT molecular complexity index is 616. The fourth-order valence-corrected chi connectivity index (χ4v) is 3.69. The van der Waals surface area contributed by atoms with Crippen LogP contribution in [-0.2, 0) is 9.84 Å². The second-order valence-electron chi connectivity index (χ2n) is 4.32. The molecular weight excluding hydrogens is 277 g/mol. The molecule has 8 heteroatoms. The summed E-state index contributed by atoms with van der Waals surface area (Å²) in [5, 5.41) is 8.92. The molecule has 1 fully saturated rings. The molecule has 0 radical (unpaired) electrons. The van der Waals surface area contributed by atoms with Gasteiger partial charge in [-0.25, -0.2) is 17.6 Å². The molecule has 19 heavy (non-hydrogen) atoms. The summed E-state index contributed by atoms with van der Waals surface area (Å²) in [6.07, 6.45) is -0.870. The van der Waals surface area contributed by atoms with E-state index >= 15 is 0 Å². The van der Waals surface area contributed by atoms with Crippen molar-refractivity contribution in [1.29, 1.82) is 0 Å². The van der Waals surface area contributed by atoms with E-state index in [-0.39, 0.29) is 17.3 Å². The van der Waals surface area contributed by atoms with Crippen molar-refractivity contribution in [2.45, 2.75) is 12.1 Å². The number of aromatic carboxylic acids is 1. The average Bonchev–Trinajstić information content (AvgIpc) is 2.51. The Hall–Kier alpha value is -1.67. The maximum Gasteiger partial charge on any atom is 0.342 e. The number of halogens is 1. The number of nitrogens with two attached hydrogens (primary N) is 1. The molecule has 1 aliphatic heterocycles. The normalized spacial score (nSPS) is 25.2. The average molecular weight is 289 g/mol. The molecule has 2 rings (SSSR count). The molecule has 1 aliphatic rings. The van der Waals surface area contributed by atoms with Crippen molar-refractivity contribution in [3.8, 4) is 5.75 Å². The molecule has 0 bridgehead atoms. The largest absolute Gasteiger partial charge is 0.487 e. The van der Waals surface area contributed by atoms with E-state index in [4.69, 9.17) is 15.6 Å². The van der Waals surface area contributed by atoms with Gasteiger partial charge in [0.25, 0.3) is 0 Å². The third kappa shape index (κ3) is 2.85. The lowest BCUT2D eigenvalue weighted by atomic mass is 10.1. The minimum atomic E-state index is -3.30. The van der Waals surface area contributed by atoms with Gasteiger partial charge in [-0.2, -0.15) is 0 Å². The number of hydrogen-bond acceptors (Lipinski definition) is 5. The minimum absolute atomic E-state index is 0.218. The molecule has 1 heterocycles. The molecule has 0 aromatic heterocycles. The van der Waals surface area contributed by atoms with E-state index in [1.54, 1.807) is 0 Å². The van der Waals surface area contributed by atoms with E-state index in [9.17, 15) is 17.6 Å². The zero-order chi connectivity index (χ0) is 14.2. The summed E-state index contributed by atoms with van der Waals surface area (Å²) >= 11 is 0. The summed E-state index contributed by atoms with van der Waals surface area (Å²) in [5.74, 6) is -3.17. The maximum atomic E-state index is 13.4. The van der Waals surface area contributed by atoms with Gasteiger partial charge in [0.2, 0.25) is 0 Å². The van der Waals surface area contributed by atoms with Crippen molar-refractivity contribution in [3.05, 3.63) is 29.6 Å². The van der Waals surface area contributed by atoms with Crippen molar-refractivity contribution in [1.82, 2.24) is 0 Å². The Kier molecular flexibility index (Phi) is 3.46. The second-order valence-corrected chi connectivity index (χ2v) is 6.47. The van der Waals surface area contributed by atoms with E-state index in [0.717, 1.165) is 6.07 Å². The molecule has 104 valence electrons. The van der Waals surface area contributed by atoms with Crippen LogP contribution >= 0.6 is 0 Å². The lowest BCUT2D eigenvalue weighted by Crippen LogP contribution is -2.37. The third-order valence-electron chi connectivity index (χ3n) is 2.81. The van der Waals surface area contributed by atoms with Crippen molar-refractivity contribution in [2.24, 2.45) is 5.73 Å². The highest BCUT2D eigenvalue weighted by Crippen LogP contribution is 2.25. The topological polar surface area (TPSA) is 107 Å². The number of ether oxygens (including phenoxy) is 1. The monoisotopic (exact) mass is 289 g/mol. The quantitative estimate of drug-likeness (QED) is 0.813. The van der Waals surface area contributed by atoms with Gasteiger partial charge in [0, 0.05) is 0 Å². The Morgan fingerprint density at radius 3 is 2.63 bits per heavy atom. The zero-order valence-corrected chi connectivity index (χ0v) is 10.6. The Morgan fingerprint density at radius 1 is 1.42 bits per heavy atom. The Balaban J connectivity index is 2.30. The smallest absolute Gasteiger partial charge is 0.342 e. The second kappa shape index (κ2) is 4.78. The summed E-state index contributed by atoms with van der Waals surface area (Å²) in [6, 6.07) is 2.78. The van der Waals surface area contributed by atoms with Crippen LogP contribution < -0.4 is 10.5 Å². The predicted octanol–water partition coefficient (Wildman–Crippen LogP) is 0.0270. The first-order valence-electron chi connectivity index (χ1n) is 5.44. The van der Waals surface area contributed by atoms with Gasteiger partial charge < -0.3 is 15.6 Å². The SMILES string of the molecule is NC1CS(=O)(=O)CC1Oc1cccc(F)c1C(=O)O. The van der Waals surface area contributed by atoms with Crippen LogP contribution in [0.25, 0.3) is 0 Å². The number of rotatable bonds is 3. The fraction of sp³-hybridized carbons (Fsp3) is 0.364. The van der Waals surface area contributed by atoms with Crippen LogP contribution in [0.4, 0.5) is 4.39 Å². The van der Waals surface area contributed by atoms with Crippen molar-refractivity contribution < 1.29 is 27.4 Å². The summed E-state index contributed by atoms with van der Waals surface area (Å²) in [6.45, 7) is 0. The molecule has 1 saturated heterocycles. The first-order valence-corrected chi connectivity index (χ1v) is 7.27. The lowest BCUT2D eigenvalue weighted by molar-refractivity contribution is 0.0683. The highest BCUT2D eigenvalue weighted by molar-refractivity contribution is 7.91. The van der Waals surface area contributed by atoms with Crippen LogP contribution in [0.5, 0.6) is 5.75 Å². The molecule has 0 spiro atoms. The standard InChI is InChI=1S/C11H12FNO5S/c12-6-2-1-3-8(10(6)11(14)15)18-9-5-19(16,17)4-7(9)13/h1-3,7,9H,4-5,13H2,(H,14,15). The van der Waals surface area contributed by atoms with Crippen LogP contribution in [0.3, 0.4) is 0 Å². The van der Waals surface area contributed by atoms with Crippen molar-refractivity contribution in [3.63, 3.8) is 0 Å². The summed E-state index contributed by atoms with van der Waals surface area (Å²) in [4.78, 5) is 11.0. The number of benzene rings is 1. The molecule has 3 N–H and O–H groups in total. The number of sulfone groups is 1. The lowest BCUT2D eigenvalue weighted by Gasteiger charge is -2.17. The minimum Gasteiger partial charge on any atom is -0.487 e. The van der Waals surface area contributed by atoms with E-state index in [2.05, 4.69) is 0 Å². The molecule has 0 aliphatic carbocycles. The number of carbonyl (C=O) groups is 1. The van der Waals surface area contributed by atoms with E-state index in [0.29, 0.717) is 0 Å². The van der Waals surface area contributed by atoms with Crippen LogP contribution in [0.15, 0.2) is 18.2 Å². The van der Waals surface area contributed by atoms with Gasteiger partial charge >= 0.3 is 5.97 Å². The molecule has 2 unspecified atom stereocenters. The van der Waals surface area contributed by atoms with Gasteiger partial charge in [0.1, 0.15) is 23.2 Å². The van der Waals surface area contributed by atoms with Gasteiger partial charge in [0.15, 0.2) is 9.84 Å². The molecule has 2 atom stereocenters. The van der Waals surface area contributed by atoms with Crippen LogP contribution in [0, 0.1) is 5.82 Å². The summed E-state index contributed by atoms with van der Waals surface area (Å²) < 4.78 is 41.4. The van der Waals surface area contributed by atoms with Gasteiger partial charge in [-0.05, 0) is 12.1 Å². The highest BCUT2D eigenvalue weighted by atomic mass is 32.2. The number of carboxylic acid groups (broad SMARTS) is 1. The van der Waals surface area contributed by atoms with Gasteiger partial charge in [0.05, 0.1) is 17.5 Å². The van der Waals surface area contributed by atoms with Gasteiger partial charge in [-0.3, -0.25) is 0 Å². The summed E-state index contributed by atoms with van der Waals surface area (Å²) in [7, 11) is -3.30. The molecule has 0 amide bonds. The molecule has 0 saturated carbocycles. The number of carboxylic acids is 1. The molecule has 1 aromatic rings. The van der Waals surface area contributed by atoms with Crippen molar-refractivity contribution >= 4 is 15.8 Å². The zero-order valence-electron chi connectivity index (χ0n) is 9.74. The van der Waals surface area contributed by atoms with Gasteiger partial charge in [-0.1, -0.05) is 6.07 Å². The first kappa shape index (κ1) is 13.8. The van der Waals surface area contributed by atoms with E-state index < -0.39 is 39.3 Å². The third-order valence-corrected chi connectivity index (χ3v) is 4.54. The van der Waals surface area contributed by atoms with Gasteiger partial charge in [-0.15, -0.1) is 0 Å². The van der Waals surface area contributed by atoms with Crippen LogP contribution in [-0.4, -0.2) is 43.1 Å². The van der Waals surface area contributed by atoms with E-state index in [1.807, 2.05) is 0 Å². The summed E-state index contributed by atoms with van der Waals surface area (Å²) in [5.41, 5.74) is 5.00. The molecule has 6 nitrogen and oxygen atoms in total. The van der Waals surface area contributed by atoms with Crippen LogP contribution in [0.1, 0.15) is 10.4 Å². The molecular formula is C11H12FNO5S. The maximum absolute atomic E-state index is 13.4. The predicted molar refractivity (Wildman–Crippen MR) is 64.4 cm³/mol. The first-order chi connectivity index (χ1) is 8.80. The van der Waals surface area contributed by atoms with Crippen LogP contribution in [0.2, 0.25) is 0 Å². The Labute approximate surface area is 108 Å². The number of hydrogen-bond donors (Lipinski definition) is 2. The highest BCUT2D eigenvalue weighted by Gasteiger charge is 2.37. The fourth-order valence-electron chi connectivity index (χ4n) is 1.94. The van der Waals surface area contributed by atoms with E-state index in [1.165, 1.54) is 12.1 Å². The molecule has 1 aromatic carbocycles. The Morgan fingerprint density at radius 2 is 2.11 bits per heavy atom.